The van der Waals surface area contributed by atoms with E-state index in [0.717, 1.165) is 22.2 Å². The number of benzene rings is 1. The molecule has 0 saturated carbocycles. The molecule has 2 atom stereocenters. The Morgan fingerprint density at radius 2 is 2.14 bits per heavy atom. The predicted octanol–water partition coefficient (Wildman–Crippen LogP) is 2.74. The van der Waals surface area contributed by atoms with Crippen molar-refractivity contribution >= 4 is 28.0 Å². The fraction of sp³-hybridized carbons (Fsp3) is 0.269. The number of hydrogen-bond acceptors (Lipinski definition) is 5. The number of amides is 1. The number of aliphatic hydroxyl groups excluding tert-OH is 1. The van der Waals surface area contributed by atoms with Crippen LogP contribution in [0.2, 0.25) is 0 Å². The molecule has 2 unspecified atom stereocenters. The topological polar surface area (TPSA) is 103 Å². The number of nitrogens with one attached hydrogen (secondary N) is 2. The zero-order valence-corrected chi connectivity index (χ0v) is 19.5. The quantitative estimate of drug-likeness (QED) is 0.412. The van der Waals surface area contributed by atoms with Gasteiger partial charge in [0.15, 0.2) is 5.82 Å². The van der Waals surface area contributed by atoms with E-state index in [1.54, 1.807) is 29.9 Å². The van der Waals surface area contributed by atoms with Crippen molar-refractivity contribution in [2.75, 3.05) is 26.7 Å². The number of hydrogen-bond donors (Lipinski definition) is 3. The third-order valence-electron chi connectivity index (χ3n) is 6.83. The highest BCUT2D eigenvalue weighted by atomic mass is 19.1. The average molecular weight is 476 g/mol. The molecule has 0 radical (unpaired) electrons. The Hall–Kier alpha value is -3.82. The van der Waals surface area contributed by atoms with Crippen molar-refractivity contribution in [3.8, 4) is 0 Å². The summed E-state index contributed by atoms with van der Waals surface area (Å²) in [4.78, 5) is 33.5. The molecule has 1 amide bonds. The molecule has 5 rings (SSSR count). The molecule has 1 aliphatic rings. The predicted molar refractivity (Wildman–Crippen MR) is 132 cm³/mol. The molecule has 4 aromatic rings. The molecule has 0 aliphatic carbocycles. The highest BCUT2D eigenvalue weighted by Gasteiger charge is 2.27. The van der Waals surface area contributed by atoms with Gasteiger partial charge in [-0.3, -0.25) is 19.5 Å². The fourth-order valence-corrected chi connectivity index (χ4v) is 4.83. The minimum atomic E-state index is -0.546. The van der Waals surface area contributed by atoms with E-state index in [1.165, 1.54) is 6.07 Å². The van der Waals surface area contributed by atoms with Crippen molar-refractivity contribution in [2.24, 2.45) is 5.92 Å². The van der Waals surface area contributed by atoms with Crippen molar-refractivity contribution in [3.05, 3.63) is 87.9 Å². The zero-order chi connectivity index (χ0) is 24.7. The summed E-state index contributed by atoms with van der Waals surface area (Å²) in [5.74, 6) is -0.899. The second kappa shape index (κ2) is 9.09. The molecule has 4 heterocycles. The Kier molecular flexibility index (Phi) is 5.96. The number of aliphatic hydroxyl groups is 1. The molecular weight excluding hydrogens is 449 g/mol. The largest absolute Gasteiger partial charge is 0.396 e. The van der Waals surface area contributed by atoms with E-state index in [0.29, 0.717) is 24.3 Å². The second-order valence-electron chi connectivity index (χ2n) is 8.79. The van der Waals surface area contributed by atoms with Crippen molar-refractivity contribution in [3.63, 3.8) is 0 Å². The number of halogens is 1. The maximum atomic E-state index is 14.0. The first-order valence-corrected chi connectivity index (χ1v) is 11.5. The first-order chi connectivity index (χ1) is 16.9. The maximum Gasteiger partial charge on any atom is 0.275 e. The van der Waals surface area contributed by atoms with Crippen LogP contribution in [-0.4, -0.2) is 57.0 Å². The van der Waals surface area contributed by atoms with Crippen molar-refractivity contribution in [1.82, 2.24) is 24.6 Å². The number of rotatable bonds is 5. The van der Waals surface area contributed by atoms with Crippen LogP contribution < -0.4 is 10.9 Å². The van der Waals surface area contributed by atoms with Gasteiger partial charge < -0.3 is 19.8 Å². The number of carbonyl (C=O) groups is 1. The standard InChI is InChI=1S/C26H26FN5O3/c1-15(16-4-6-23-22(11-16)30-26(35)24-20(27)8-10-32(23)24)31-9-7-19(18(13-31)14-33)17-3-5-21(29-12-17)25(34)28-2/h3-8,10-12,15,18,33H,9,13-14H2,1-2H3,(H,28,34)(H,30,35). The molecule has 0 bridgehead atoms. The van der Waals surface area contributed by atoms with Crippen LogP contribution in [0.25, 0.3) is 22.1 Å². The summed E-state index contributed by atoms with van der Waals surface area (Å²) in [7, 11) is 1.56. The summed E-state index contributed by atoms with van der Waals surface area (Å²) in [6, 6.07) is 10.6. The van der Waals surface area contributed by atoms with Gasteiger partial charge in [0, 0.05) is 44.5 Å². The maximum absolute atomic E-state index is 14.0. The lowest BCUT2D eigenvalue weighted by atomic mass is 9.89. The van der Waals surface area contributed by atoms with Crippen molar-refractivity contribution < 1.29 is 14.3 Å². The normalized spacial score (nSPS) is 17.5. The smallest absolute Gasteiger partial charge is 0.275 e. The van der Waals surface area contributed by atoms with Gasteiger partial charge in [-0.05, 0) is 47.9 Å². The van der Waals surface area contributed by atoms with Gasteiger partial charge in [0.25, 0.3) is 11.5 Å². The van der Waals surface area contributed by atoms with Crippen LogP contribution in [0.3, 0.4) is 0 Å². The van der Waals surface area contributed by atoms with Gasteiger partial charge in [-0.25, -0.2) is 4.39 Å². The number of carbonyl (C=O) groups excluding carboxylic acids is 1. The van der Waals surface area contributed by atoms with E-state index in [4.69, 9.17) is 0 Å². The molecule has 0 fully saturated rings. The summed E-state index contributed by atoms with van der Waals surface area (Å²) in [5, 5.41) is 12.7. The number of fused-ring (bicyclic) bond motifs is 3. The lowest BCUT2D eigenvalue weighted by molar-refractivity contribution is 0.0958. The average Bonchev–Trinajstić information content (AvgIpc) is 3.29. The fourth-order valence-electron chi connectivity index (χ4n) is 4.83. The van der Waals surface area contributed by atoms with Gasteiger partial charge >= 0.3 is 0 Å². The van der Waals surface area contributed by atoms with E-state index in [1.807, 2.05) is 24.3 Å². The Morgan fingerprint density at radius 3 is 2.86 bits per heavy atom. The summed E-state index contributed by atoms with van der Waals surface area (Å²) < 4.78 is 15.6. The van der Waals surface area contributed by atoms with E-state index >= 15 is 0 Å². The first-order valence-electron chi connectivity index (χ1n) is 11.5. The summed E-state index contributed by atoms with van der Waals surface area (Å²) in [5.41, 5.74) is 4.14. The lowest BCUT2D eigenvalue weighted by Crippen LogP contribution is -2.37. The number of nitrogens with zero attached hydrogens (tertiary/aromatic N) is 3. The van der Waals surface area contributed by atoms with Gasteiger partial charge in [-0.15, -0.1) is 0 Å². The molecule has 9 heteroatoms. The molecule has 3 aromatic heterocycles. The van der Waals surface area contributed by atoms with Crippen LogP contribution in [0.15, 0.2) is 59.7 Å². The highest BCUT2D eigenvalue weighted by molar-refractivity contribution is 5.92. The van der Waals surface area contributed by atoms with Crippen LogP contribution >= 0.6 is 0 Å². The third-order valence-corrected chi connectivity index (χ3v) is 6.83. The van der Waals surface area contributed by atoms with Gasteiger partial charge in [0.05, 0.1) is 17.6 Å². The second-order valence-corrected chi connectivity index (χ2v) is 8.79. The van der Waals surface area contributed by atoms with Crippen molar-refractivity contribution in [1.29, 1.82) is 0 Å². The molecule has 0 spiro atoms. The van der Waals surface area contributed by atoms with Crippen LogP contribution in [0.5, 0.6) is 0 Å². The zero-order valence-electron chi connectivity index (χ0n) is 19.5. The number of pyridine rings is 1. The molecule has 3 N–H and O–H groups in total. The lowest BCUT2D eigenvalue weighted by Gasteiger charge is -2.36. The van der Waals surface area contributed by atoms with Crippen LogP contribution in [0.4, 0.5) is 4.39 Å². The Labute approximate surface area is 200 Å². The molecule has 0 saturated heterocycles. The van der Waals surface area contributed by atoms with E-state index < -0.39 is 11.4 Å². The minimum Gasteiger partial charge on any atom is -0.396 e. The van der Waals surface area contributed by atoms with Crippen LogP contribution in [0.1, 0.15) is 34.6 Å². The monoisotopic (exact) mass is 475 g/mol. The Bertz CT molecular complexity index is 1510. The molecule has 180 valence electrons. The van der Waals surface area contributed by atoms with Gasteiger partial charge in [-0.1, -0.05) is 18.2 Å². The third kappa shape index (κ3) is 4.02. The van der Waals surface area contributed by atoms with E-state index in [-0.39, 0.29) is 30.0 Å². The molecule has 8 nitrogen and oxygen atoms in total. The highest BCUT2D eigenvalue weighted by Crippen LogP contribution is 2.32. The van der Waals surface area contributed by atoms with Gasteiger partial charge in [-0.2, -0.15) is 0 Å². The van der Waals surface area contributed by atoms with Crippen LogP contribution in [-0.2, 0) is 0 Å². The van der Waals surface area contributed by atoms with Crippen molar-refractivity contribution in [2.45, 2.75) is 13.0 Å². The Balaban J connectivity index is 1.41. The molecule has 35 heavy (non-hydrogen) atoms. The SMILES string of the molecule is CNC(=O)c1ccc(C2=CCN(C(C)c3ccc4c(c3)[nH]c(=O)c3c(F)ccn34)CC2CO)cn1. The first kappa shape index (κ1) is 22.9. The Morgan fingerprint density at radius 1 is 1.31 bits per heavy atom. The van der Waals surface area contributed by atoms with Crippen LogP contribution in [0, 0.1) is 11.7 Å². The summed E-state index contributed by atoms with van der Waals surface area (Å²) in [6.07, 6.45) is 5.32. The van der Waals surface area contributed by atoms with Gasteiger partial charge in [0.1, 0.15) is 11.2 Å². The van der Waals surface area contributed by atoms with E-state index in [2.05, 4.69) is 33.2 Å². The molecule has 1 aromatic carbocycles. The number of H-pyrrole nitrogens is 1. The molecular formula is C26H26FN5O3. The van der Waals surface area contributed by atoms with Gasteiger partial charge in [0.2, 0.25) is 0 Å². The number of aromatic amines is 1. The summed E-state index contributed by atoms with van der Waals surface area (Å²) in [6.45, 7) is 3.37. The number of aromatic nitrogens is 3. The van der Waals surface area contributed by atoms with E-state index in [9.17, 15) is 19.1 Å². The summed E-state index contributed by atoms with van der Waals surface area (Å²) >= 11 is 0. The molecule has 1 aliphatic heterocycles. The minimum absolute atomic E-state index is 0.00984.